The Kier molecular flexibility index (Phi) is 3.40. The standard InChI is InChI=1S/C9H7BrN2O2S/c10-7-3-1-2-6(4-7)8-11-12-9(14-8)15-5-13/h1-4,13H,5H2. The highest BCUT2D eigenvalue weighted by Gasteiger charge is 2.08. The third kappa shape index (κ3) is 2.58. The number of nitrogens with zero attached hydrogens (tertiary/aromatic N) is 2. The van der Waals surface area contributed by atoms with Gasteiger partial charge in [0.25, 0.3) is 5.22 Å². The number of rotatable bonds is 3. The van der Waals surface area contributed by atoms with Gasteiger partial charge in [0.05, 0.1) is 5.94 Å². The number of aromatic nitrogens is 2. The van der Waals surface area contributed by atoms with Gasteiger partial charge in [-0.15, -0.1) is 10.2 Å². The number of hydrogen-bond acceptors (Lipinski definition) is 5. The molecule has 0 amide bonds. The lowest BCUT2D eigenvalue weighted by Crippen LogP contribution is -1.77. The second-order valence-electron chi connectivity index (χ2n) is 2.66. The predicted octanol–water partition coefficient (Wildman–Crippen LogP) is 2.54. The van der Waals surface area contributed by atoms with E-state index < -0.39 is 0 Å². The van der Waals surface area contributed by atoms with Crippen LogP contribution < -0.4 is 0 Å². The van der Waals surface area contributed by atoms with Crippen LogP contribution in [-0.4, -0.2) is 21.2 Å². The molecule has 2 rings (SSSR count). The van der Waals surface area contributed by atoms with E-state index in [1.54, 1.807) is 0 Å². The van der Waals surface area contributed by atoms with Gasteiger partial charge in [0.15, 0.2) is 0 Å². The molecule has 2 aromatic rings. The molecule has 0 saturated carbocycles. The Bertz CT molecular complexity index is 461. The zero-order valence-corrected chi connectivity index (χ0v) is 9.96. The first kappa shape index (κ1) is 10.7. The van der Waals surface area contributed by atoms with E-state index in [0.29, 0.717) is 11.1 Å². The van der Waals surface area contributed by atoms with E-state index in [1.807, 2.05) is 24.3 Å². The van der Waals surface area contributed by atoms with E-state index in [4.69, 9.17) is 9.52 Å². The first-order valence-electron chi connectivity index (χ1n) is 4.12. The van der Waals surface area contributed by atoms with E-state index in [1.165, 1.54) is 0 Å². The summed E-state index contributed by atoms with van der Waals surface area (Å²) in [5, 5.41) is 16.7. The average molecular weight is 287 g/mol. The van der Waals surface area contributed by atoms with Crippen molar-refractivity contribution in [2.75, 3.05) is 5.94 Å². The van der Waals surface area contributed by atoms with Crippen LogP contribution in [0.2, 0.25) is 0 Å². The number of aliphatic hydroxyl groups is 1. The minimum Gasteiger partial charge on any atom is -0.411 e. The van der Waals surface area contributed by atoms with Crippen molar-refractivity contribution in [3.8, 4) is 11.5 Å². The Hall–Kier alpha value is -0.850. The maximum atomic E-state index is 8.67. The molecule has 0 aliphatic heterocycles. The van der Waals surface area contributed by atoms with Gasteiger partial charge in [-0.1, -0.05) is 22.0 Å². The molecule has 0 bridgehead atoms. The van der Waals surface area contributed by atoms with E-state index in [0.717, 1.165) is 21.8 Å². The molecule has 1 N–H and O–H groups in total. The van der Waals surface area contributed by atoms with Crippen molar-refractivity contribution in [1.82, 2.24) is 10.2 Å². The van der Waals surface area contributed by atoms with Crippen molar-refractivity contribution in [2.24, 2.45) is 0 Å². The van der Waals surface area contributed by atoms with Crippen LogP contribution in [0.5, 0.6) is 0 Å². The number of halogens is 1. The highest BCUT2D eigenvalue weighted by Crippen LogP contribution is 2.24. The van der Waals surface area contributed by atoms with Crippen LogP contribution in [0.4, 0.5) is 0 Å². The third-order valence-corrected chi connectivity index (χ3v) is 2.70. The molecule has 1 aromatic heterocycles. The fourth-order valence-electron chi connectivity index (χ4n) is 1.06. The summed E-state index contributed by atoms with van der Waals surface area (Å²) in [6.07, 6.45) is 0. The van der Waals surface area contributed by atoms with Crippen molar-refractivity contribution in [3.05, 3.63) is 28.7 Å². The quantitative estimate of drug-likeness (QED) is 0.694. The van der Waals surface area contributed by atoms with Crippen LogP contribution in [0.1, 0.15) is 0 Å². The lowest BCUT2D eigenvalue weighted by molar-refractivity contribution is 0.370. The molecule has 0 spiro atoms. The van der Waals surface area contributed by atoms with Crippen molar-refractivity contribution in [3.63, 3.8) is 0 Å². The molecule has 6 heteroatoms. The molecule has 0 aliphatic rings. The minimum absolute atomic E-state index is 0.0693. The van der Waals surface area contributed by atoms with E-state index >= 15 is 0 Å². The fraction of sp³-hybridized carbons (Fsp3) is 0.111. The van der Waals surface area contributed by atoms with Gasteiger partial charge in [0.1, 0.15) is 0 Å². The summed E-state index contributed by atoms with van der Waals surface area (Å²) in [6.45, 7) is 0. The SMILES string of the molecule is OCSc1nnc(-c2cccc(Br)c2)o1. The van der Waals surface area contributed by atoms with Crippen molar-refractivity contribution in [2.45, 2.75) is 5.22 Å². The molecule has 1 aromatic carbocycles. The number of hydrogen-bond donors (Lipinski definition) is 1. The first-order chi connectivity index (χ1) is 7.29. The van der Waals surface area contributed by atoms with Crippen molar-refractivity contribution >= 4 is 27.7 Å². The van der Waals surface area contributed by atoms with Gasteiger partial charge in [-0.25, -0.2) is 0 Å². The average Bonchev–Trinajstić information content (AvgIpc) is 2.67. The van der Waals surface area contributed by atoms with Gasteiger partial charge < -0.3 is 9.52 Å². The highest BCUT2D eigenvalue weighted by atomic mass is 79.9. The van der Waals surface area contributed by atoms with Crippen molar-refractivity contribution < 1.29 is 9.52 Å². The van der Waals surface area contributed by atoms with E-state index in [-0.39, 0.29) is 5.94 Å². The Labute approximate surface area is 98.8 Å². The third-order valence-electron chi connectivity index (χ3n) is 1.67. The van der Waals surface area contributed by atoms with Gasteiger partial charge in [-0.05, 0) is 30.0 Å². The summed E-state index contributed by atoms with van der Waals surface area (Å²) in [6, 6.07) is 7.58. The molecule has 4 nitrogen and oxygen atoms in total. The monoisotopic (exact) mass is 286 g/mol. The minimum atomic E-state index is -0.0693. The largest absolute Gasteiger partial charge is 0.411 e. The van der Waals surface area contributed by atoms with Gasteiger partial charge >= 0.3 is 0 Å². The maximum absolute atomic E-state index is 8.67. The molecule has 0 unspecified atom stereocenters. The molecule has 0 atom stereocenters. The fourth-order valence-corrected chi connectivity index (χ4v) is 1.81. The predicted molar refractivity (Wildman–Crippen MR) is 60.4 cm³/mol. The molecule has 0 aliphatic carbocycles. The van der Waals surface area contributed by atoms with Crippen LogP contribution in [0.3, 0.4) is 0 Å². The molecular weight excluding hydrogens is 280 g/mol. The molecule has 15 heavy (non-hydrogen) atoms. The van der Waals surface area contributed by atoms with E-state index in [9.17, 15) is 0 Å². The van der Waals surface area contributed by atoms with Crippen LogP contribution in [0, 0.1) is 0 Å². The van der Waals surface area contributed by atoms with Gasteiger partial charge in [0.2, 0.25) is 5.89 Å². The van der Waals surface area contributed by atoms with Gasteiger partial charge in [-0.2, -0.15) is 0 Å². The number of aliphatic hydroxyl groups excluding tert-OH is 1. The Balaban J connectivity index is 2.29. The Morgan fingerprint density at radius 2 is 2.27 bits per heavy atom. The number of benzene rings is 1. The zero-order chi connectivity index (χ0) is 10.7. The molecular formula is C9H7BrN2O2S. The highest BCUT2D eigenvalue weighted by molar-refractivity contribution is 9.10. The van der Waals surface area contributed by atoms with Gasteiger partial charge in [0, 0.05) is 10.0 Å². The van der Waals surface area contributed by atoms with E-state index in [2.05, 4.69) is 26.1 Å². The Morgan fingerprint density at radius 1 is 1.40 bits per heavy atom. The topological polar surface area (TPSA) is 59.2 Å². The smallest absolute Gasteiger partial charge is 0.279 e. The molecule has 0 fully saturated rings. The molecule has 0 radical (unpaired) electrons. The summed E-state index contributed by atoms with van der Waals surface area (Å²) in [5.74, 6) is 0.382. The molecule has 78 valence electrons. The summed E-state index contributed by atoms with van der Waals surface area (Å²) < 4.78 is 6.28. The first-order valence-corrected chi connectivity index (χ1v) is 5.90. The molecule has 0 saturated heterocycles. The maximum Gasteiger partial charge on any atom is 0.279 e. The van der Waals surface area contributed by atoms with Crippen LogP contribution >= 0.6 is 27.7 Å². The second kappa shape index (κ2) is 4.78. The van der Waals surface area contributed by atoms with Crippen molar-refractivity contribution in [1.29, 1.82) is 0 Å². The summed E-state index contributed by atoms with van der Waals surface area (Å²) in [5.41, 5.74) is 0.849. The molecule has 1 heterocycles. The van der Waals surface area contributed by atoms with Crippen LogP contribution in [-0.2, 0) is 0 Å². The normalized spacial score (nSPS) is 10.5. The lowest BCUT2D eigenvalue weighted by Gasteiger charge is -1.94. The second-order valence-corrected chi connectivity index (χ2v) is 4.47. The summed E-state index contributed by atoms with van der Waals surface area (Å²) >= 11 is 4.46. The zero-order valence-electron chi connectivity index (χ0n) is 7.55. The van der Waals surface area contributed by atoms with Gasteiger partial charge in [-0.3, -0.25) is 0 Å². The Morgan fingerprint density at radius 3 is 3.00 bits per heavy atom. The number of thioether (sulfide) groups is 1. The lowest BCUT2D eigenvalue weighted by atomic mass is 10.2. The summed E-state index contributed by atoms with van der Waals surface area (Å²) in [4.78, 5) is 0. The summed E-state index contributed by atoms with van der Waals surface area (Å²) in [7, 11) is 0. The van der Waals surface area contributed by atoms with Crippen LogP contribution in [0.25, 0.3) is 11.5 Å². The van der Waals surface area contributed by atoms with Crippen LogP contribution in [0.15, 0.2) is 38.4 Å².